The van der Waals surface area contributed by atoms with E-state index in [1.165, 1.54) is 12.8 Å². The SMILES string of the molecule is CCN(CC)C(=O)CN1CCN(C(=O)CC(C)C2CCCNC2)CC1. The van der Waals surface area contributed by atoms with Crippen LogP contribution in [0.2, 0.25) is 0 Å². The molecular weight excluding hydrogens is 316 g/mol. The van der Waals surface area contributed by atoms with Crippen molar-refractivity contribution in [3.8, 4) is 0 Å². The lowest BCUT2D eigenvalue weighted by Gasteiger charge is -2.36. The molecule has 2 atom stereocenters. The minimum absolute atomic E-state index is 0.197. The topological polar surface area (TPSA) is 55.9 Å². The Bertz CT molecular complexity index is 425. The Morgan fingerprint density at radius 3 is 2.40 bits per heavy atom. The van der Waals surface area contributed by atoms with Gasteiger partial charge in [-0.1, -0.05) is 6.92 Å². The monoisotopic (exact) mass is 352 g/mol. The molecular formula is C19H36N4O2. The zero-order valence-corrected chi connectivity index (χ0v) is 16.3. The third-order valence-electron chi connectivity index (χ3n) is 5.84. The van der Waals surface area contributed by atoms with Crippen molar-refractivity contribution in [1.82, 2.24) is 20.0 Å². The van der Waals surface area contributed by atoms with Crippen LogP contribution < -0.4 is 5.32 Å². The molecule has 0 aliphatic carbocycles. The highest BCUT2D eigenvalue weighted by molar-refractivity contribution is 5.78. The fourth-order valence-corrected chi connectivity index (χ4v) is 3.96. The van der Waals surface area contributed by atoms with Crippen LogP contribution in [0.1, 0.15) is 40.0 Å². The molecule has 2 fully saturated rings. The molecule has 2 amide bonds. The molecule has 0 aromatic heterocycles. The molecule has 2 heterocycles. The van der Waals surface area contributed by atoms with E-state index in [9.17, 15) is 9.59 Å². The number of nitrogens with zero attached hydrogens (tertiary/aromatic N) is 3. The normalized spacial score (nSPS) is 23.3. The van der Waals surface area contributed by atoms with Gasteiger partial charge in [0.05, 0.1) is 6.54 Å². The molecule has 0 saturated carbocycles. The predicted molar refractivity (Wildman–Crippen MR) is 100 cm³/mol. The van der Waals surface area contributed by atoms with E-state index in [2.05, 4.69) is 17.1 Å². The summed E-state index contributed by atoms with van der Waals surface area (Å²) in [6, 6.07) is 0. The maximum Gasteiger partial charge on any atom is 0.236 e. The van der Waals surface area contributed by atoms with E-state index in [0.29, 0.717) is 24.8 Å². The third-order valence-corrected chi connectivity index (χ3v) is 5.84. The van der Waals surface area contributed by atoms with Crippen molar-refractivity contribution >= 4 is 11.8 Å². The third kappa shape index (κ3) is 5.96. The van der Waals surface area contributed by atoms with Gasteiger partial charge in [-0.3, -0.25) is 14.5 Å². The average Bonchev–Trinajstić information content (AvgIpc) is 2.64. The lowest BCUT2D eigenvalue weighted by atomic mass is 9.85. The van der Waals surface area contributed by atoms with E-state index in [-0.39, 0.29) is 11.8 Å². The Morgan fingerprint density at radius 2 is 1.84 bits per heavy atom. The van der Waals surface area contributed by atoms with E-state index in [4.69, 9.17) is 0 Å². The second-order valence-electron chi connectivity index (χ2n) is 7.51. The Balaban J connectivity index is 1.71. The number of likely N-dealkylation sites (N-methyl/N-ethyl adjacent to an activating group) is 1. The molecule has 0 spiro atoms. The number of nitrogens with one attached hydrogen (secondary N) is 1. The number of carbonyl (C=O) groups excluding carboxylic acids is 2. The van der Waals surface area contributed by atoms with E-state index >= 15 is 0 Å². The van der Waals surface area contributed by atoms with Crippen molar-refractivity contribution in [3.05, 3.63) is 0 Å². The molecule has 6 heteroatoms. The van der Waals surface area contributed by atoms with Crippen LogP contribution in [0.15, 0.2) is 0 Å². The number of piperazine rings is 1. The van der Waals surface area contributed by atoms with Gasteiger partial charge in [-0.05, 0) is 51.6 Å². The van der Waals surface area contributed by atoms with Gasteiger partial charge in [-0.15, -0.1) is 0 Å². The number of piperidine rings is 1. The Hall–Kier alpha value is -1.14. The molecule has 0 aromatic carbocycles. The van der Waals surface area contributed by atoms with Gasteiger partial charge < -0.3 is 15.1 Å². The van der Waals surface area contributed by atoms with E-state index in [0.717, 1.165) is 52.4 Å². The summed E-state index contributed by atoms with van der Waals surface area (Å²) in [6.07, 6.45) is 3.12. The first-order valence-corrected chi connectivity index (χ1v) is 10.0. The number of hydrogen-bond acceptors (Lipinski definition) is 4. The lowest BCUT2D eigenvalue weighted by molar-refractivity contribution is -0.135. The smallest absolute Gasteiger partial charge is 0.236 e. The number of hydrogen-bond donors (Lipinski definition) is 1. The van der Waals surface area contributed by atoms with Crippen molar-refractivity contribution in [1.29, 1.82) is 0 Å². The summed E-state index contributed by atoms with van der Waals surface area (Å²) in [5.74, 6) is 1.56. The molecule has 2 aliphatic rings. The van der Waals surface area contributed by atoms with E-state index < -0.39 is 0 Å². The summed E-state index contributed by atoms with van der Waals surface area (Å²) in [6.45, 7) is 13.5. The summed E-state index contributed by atoms with van der Waals surface area (Å²) in [4.78, 5) is 30.8. The Labute approximate surface area is 152 Å². The summed E-state index contributed by atoms with van der Waals surface area (Å²) < 4.78 is 0. The van der Waals surface area contributed by atoms with Crippen molar-refractivity contribution in [2.24, 2.45) is 11.8 Å². The van der Waals surface area contributed by atoms with Gasteiger partial charge in [0.1, 0.15) is 0 Å². The second-order valence-corrected chi connectivity index (χ2v) is 7.51. The van der Waals surface area contributed by atoms with Crippen LogP contribution in [-0.2, 0) is 9.59 Å². The molecule has 144 valence electrons. The van der Waals surface area contributed by atoms with Crippen molar-refractivity contribution in [2.45, 2.75) is 40.0 Å². The molecule has 2 aliphatic heterocycles. The standard InChI is InChI=1S/C19H36N4O2/c1-4-22(5-2)19(25)15-21-9-11-23(12-10-21)18(24)13-16(3)17-7-6-8-20-14-17/h16-17,20H,4-15H2,1-3H3. The summed E-state index contributed by atoms with van der Waals surface area (Å²) in [5.41, 5.74) is 0. The number of carbonyl (C=O) groups is 2. The van der Waals surface area contributed by atoms with Gasteiger partial charge in [-0.25, -0.2) is 0 Å². The second kappa shape index (κ2) is 10.1. The van der Waals surface area contributed by atoms with Gasteiger partial charge in [0, 0.05) is 45.7 Å². The van der Waals surface area contributed by atoms with E-state index in [1.54, 1.807) is 0 Å². The largest absolute Gasteiger partial charge is 0.342 e. The van der Waals surface area contributed by atoms with Gasteiger partial charge in [0.25, 0.3) is 0 Å². The minimum Gasteiger partial charge on any atom is -0.342 e. The lowest BCUT2D eigenvalue weighted by Crippen LogP contribution is -2.52. The van der Waals surface area contributed by atoms with Crippen molar-refractivity contribution < 1.29 is 9.59 Å². The van der Waals surface area contributed by atoms with Crippen LogP contribution in [0.25, 0.3) is 0 Å². The molecule has 6 nitrogen and oxygen atoms in total. The fraction of sp³-hybridized carbons (Fsp3) is 0.895. The molecule has 1 N–H and O–H groups in total. The minimum atomic E-state index is 0.197. The first kappa shape index (κ1) is 20.2. The maximum absolute atomic E-state index is 12.6. The van der Waals surface area contributed by atoms with Crippen LogP contribution in [0.3, 0.4) is 0 Å². The molecule has 2 saturated heterocycles. The van der Waals surface area contributed by atoms with Crippen LogP contribution >= 0.6 is 0 Å². The number of rotatable bonds is 7. The highest BCUT2D eigenvalue weighted by Crippen LogP contribution is 2.23. The van der Waals surface area contributed by atoms with Crippen LogP contribution in [-0.4, -0.2) is 85.4 Å². The van der Waals surface area contributed by atoms with Crippen LogP contribution in [0, 0.1) is 11.8 Å². The fourth-order valence-electron chi connectivity index (χ4n) is 3.96. The Kier molecular flexibility index (Phi) is 8.16. The van der Waals surface area contributed by atoms with Crippen LogP contribution in [0.4, 0.5) is 0 Å². The molecule has 0 aromatic rings. The summed E-state index contributed by atoms with van der Waals surface area (Å²) in [7, 11) is 0. The van der Waals surface area contributed by atoms with Crippen molar-refractivity contribution in [3.63, 3.8) is 0 Å². The zero-order chi connectivity index (χ0) is 18.2. The zero-order valence-electron chi connectivity index (χ0n) is 16.3. The van der Waals surface area contributed by atoms with Gasteiger partial charge in [0.2, 0.25) is 11.8 Å². The predicted octanol–water partition coefficient (Wildman–Crippen LogP) is 1.02. The molecule has 25 heavy (non-hydrogen) atoms. The summed E-state index contributed by atoms with van der Waals surface area (Å²) in [5, 5.41) is 3.44. The maximum atomic E-state index is 12.6. The highest BCUT2D eigenvalue weighted by atomic mass is 16.2. The molecule has 2 rings (SSSR count). The number of amides is 2. The molecule has 0 radical (unpaired) electrons. The van der Waals surface area contributed by atoms with Gasteiger partial charge in [0.15, 0.2) is 0 Å². The van der Waals surface area contributed by atoms with Gasteiger partial charge >= 0.3 is 0 Å². The Morgan fingerprint density at radius 1 is 1.16 bits per heavy atom. The average molecular weight is 353 g/mol. The van der Waals surface area contributed by atoms with Crippen LogP contribution in [0.5, 0.6) is 0 Å². The summed E-state index contributed by atoms with van der Waals surface area (Å²) >= 11 is 0. The highest BCUT2D eigenvalue weighted by Gasteiger charge is 2.27. The van der Waals surface area contributed by atoms with E-state index in [1.807, 2.05) is 23.6 Å². The molecule has 0 bridgehead atoms. The van der Waals surface area contributed by atoms with Crippen molar-refractivity contribution in [2.75, 3.05) is 58.9 Å². The quantitative estimate of drug-likeness (QED) is 0.743. The first-order valence-electron chi connectivity index (χ1n) is 10.0. The molecule has 2 unspecified atom stereocenters. The van der Waals surface area contributed by atoms with Gasteiger partial charge in [-0.2, -0.15) is 0 Å². The first-order chi connectivity index (χ1) is 12.0.